The largest absolute Gasteiger partial charge is 0.354 e. The summed E-state index contributed by atoms with van der Waals surface area (Å²) in [6.45, 7) is 11.1. The van der Waals surface area contributed by atoms with Gasteiger partial charge in [0.25, 0.3) is 0 Å². The standard InChI is InChI=1S/C21H33N3O2/c1-16(23-20(26)21(2,3)4)19(25)22-14-17-10-12-24(13-11-17)15-18-8-6-5-7-9-18/h5-9,16-17H,10-15H2,1-4H3,(H,22,25)(H,23,26). The second-order valence-electron chi connectivity index (χ2n) is 8.40. The van der Waals surface area contributed by atoms with Crippen molar-refractivity contribution >= 4 is 11.8 Å². The molecule has 2 amide bonds. The quantitative estimate of drug-likeness (QED) is 0.821. The van der Waals surface area contributed by atoms with E-state index in [0.717, 1.165) is 32.5 Å². The van der Waals surface area contributed by atoms with Crippen LogP contribution in [0.25, 0.3) is 0 Å². The van der Waals surface area contributed by atoms with Crippen molar-refractivity contribution in [3.05, 3.63) is 35.9 Å². The predicted octanol–water partition coefficient (Wildman–Crippen LogP) is 2.57. The van der Waals surface area contributed by atoms with Crippen LogP contribution in [-0.4, -0.2) is 42.4 Å². The topological polar surface area (TPSA) is 61.4 Å². The lowest BCUT2D eigenvalue weighted by Gasteiger charge is -2.32. The molecule has 0 aromatic heterocycles. The van der Waals surface area contributed by atoms with Crippen molar-refractivity contribution in [2.75, 3.05) is 19.6 Å². The van der Waals surface area contributed by atoms with Gasteiger partial charge in [0.1, 0.15) is 6.04 Å². The molecular formula is C21H33N3O2. The summed E-state index contributed by atoms with van der Waals surface area (Å²) in [7, 11) is 0. The molecular weight excluding hydrogens is 326 g/mol. The number of hydrogen-bond acceptors (Lipinski definition) is 3. The van der Waals surface area contributed by atoms with Gasteiger partial charge >= 0.3 is 0 Å². The van der Waals surface area contributed by atoms with Crippen molar-refractivity contribution in [3.63, 3.8) is 0 Å². The van der Waals surface area contributed by atoms with Crippen molar-refractivity contribution in [3.8, 4) is 0 Å². The van der Waals surface area contributed by atoms with Crippen molar-refractivity contribution in [2.24, 2.45) is 11.3 Å². The van der Waals surface area contributed by atoms with Crippen LogP contribution >= 0.6 is 0 Å². The fraction of sp³-hybridized carbons (Fsp3) is 0.619. The summed E-state index contributed by atoms with van der Waals surface area (Å²) in [4.78, 5) is 26.7. The Kier molecular flexibility index (Phi) is 7.21. The van der Waals surface area contributed by atoms with Gasteiger partial charge in [0.05, 0.1) is 0 Å². The highest BCUT2D eigenvalue weighted by Gasteiger charge is 2.26. The number of piperidine rings is 1. The number of carbonyl (C=O) groups excluding carboxylic acids is 2. The van der Waals surface area contributed by atoms with Gasteiger partial charge in [-0.25, -0.2) is 0 Å². The summed E-state index contributed by atoms with van der Waals surface area (Å²) in [5, 5.41) is 5.78. The van der Waals surface area contributed by atoms with Crippen molar-refractivity contribution in [2.45, 2.75) is 53.1 Å². The Bertz CT molecular complexity index is 587. The van der Waals surface area contributed by atoms with E-state index in [0.29, 0.717) is 12.5 Å². The second-order valence-corrected chi connectivity index (χ2v) is 8.40. The SMILES string of the molecule is CC(NC(=O)C(C)(C)C)C(=O)NCC1CCN(Cc2ccccc2)CC1. The van der Waals surface area contributed by atoms with E-state index in [4.69, 9.17) is 0 Å². The van der Waals surface area contributed by atoms with E-state index in [2.05, 4.69) is 39.8 Å². The fourth-order valence-corrected chi connectivity index (χ4v) is 3.07. The number of nitrogens with one attached hydrogen (secondary N) is 2. The van der Waals surface area contributed by atoms with Crippen molar-refractivity contribution < 1.29 is 9.59 Å². The zero-order valence-corrected chi connectivity index (χ0v) is 16.5. The summed E-state index contributed by atoms with van der Waals surface area (Å²) in [5.74, 6) is 0.306. The van der Waals surface area contributed by atoms with E-state index in [9.17, 15) is 9.59 Å². The molecule has 2 N–H and O–H groups in total. The molecule has 1 unspecified atom stereocenters. The van der Waals surface area contributed by atoms with E-state index >= 15 is 0 Å². The van der Waals surface area contributed by atoms with E-state index in [1.54, 1.807) is 6.92 Å². The molecule has 1 fully saturated rings. The Morgan fingerprint density at radius 1 is 1.15 bits per heavy atom. The van der Waals surface area contributed by atoms with E-state index in [1.165, 1.54) is 5.56 Å². The summed E-state index contributed by atoms with van der Waals surface area (Å²) < 4.78 is 0. The van der Waals surface area contributed by atoms with Crippen LogP contribution in [-0.2, 0) is 16.1 Å². The molecule has 2 rings (SSSR count). The monoisotopic (exact) mass is 359 g/mol. The summed E-state index contributed by atoms with van der Waals surface area (Å²) in [6, 6.07) is 10.0. The lowest BCUT2D eigenvalue weighted by molar-refractivity contribution is -0.133. The highest BCUT2D eigenvalue weighted by molar-refractivity contribution is 5.89. The Hall–Kier alpha value is -1.88. The first-order valence-corrected chi connectivity index (χ1v) is 9.60. The molecule has 5 heteroatoms. The number of carbonyl (C=O) groups is 2. The highest BCUT2D eigenvalue weighted by Crippen LogP contribution is 2.18. The summed E-state index contributed by atoms with van der Waals surface area (Å²) in [6.07, 6.45) is 2.19. The Labute approximate surface area is 157 Å². The molecule has 1 heterocycles. The minimum absolute atomic E-state index is 0.102. The van der Waals surface area contributed by atoms with Gasteiger partial charge in [-0.05, 0) is 44.3 Å². The van der Waals surface area contributed by atoms with Gasteiger partial charge in [-0.3, -0.25) is 14.5 Å². The number of likely N-dealkylation sites (tertiary alicyclic amines) is 1. The third-order valence-electron chi connectivity index (χ3n) is 4.94. The molecule has 0 radical (unpaired) electrons. The first kappa shape index (κ1) is 20.4. The van der Waals surface area contributed by atoms with Gasteiger partial charge in [-0.1, -0.05) is 51.1 Å². The lowest BCUT2D eigenvalue weighted by atomic mass is 9.95. The molecule has 0 aliphatic carbocycles. The van der Waals surface area contributed by atoms with Gasteiger partial charge in [-0.15, -0.1) is 0 Å². The second kappa shape index (κ2) is 9.17. The first-order chi connectivity index (χ1) is 12.3. The molecule has 1 saturated heterocycles. The van der Waals surface area contributed by atoms with Gasteiger partial charge in [-0.2, -0.15) is 0 Å². The molecule has 1 aromatic carbocycles. The molecule has 1 aliphatic heterocycles. The van der Waals surface area contributed by atoms with Crippen LogP contribution in [0.5, 0.6) is 0 Å². The molecule has 1 aromatic rings. The van der Waals surface area contributed by atoms with Crippen LogP contribution in [0.1, 0.15) is 46.1 Å². The molecule has 0 spiro atoms. The van der Waals surface area contributed by atoms with Gasteiger partial charge < -0.3 is 10.6 Å². The lowest BCUT2D eigenvalue weighted by Crippen LogP contribution is -2.49. The molecule has 26 heavy (non-hydrogen) atoms. The van der Waals surface area contributed by atoms with Crippen LogP contribution in [0.3, 0.4) is 0 Å². The van der Waals surface area contributed by atoms with Crippen LogP contribution < -0.4 is 10.6 Å². The highest BCUT2D eigenvalue weighted by atomic mass is 16.2. The molecule has 144 valence electrons. The molecule has 1 aliphatic rings. The van der Waals surface area contributed by atoms with Crippen LogP contribution in [0.2, 0.25) is 0 Å². The maximum absolute atomic E-state index is 12.2. The van der Waals surface area contributed by atoms with E-state index < -0.39 is 11.5 Å². The smallest absolute Gasteiger partial charge is 0.242 e. The van der Waals surface area contributed by atoms with Crippen molar-refractivity contribution in [1.82, 2.24) is 15.5 Å². The maximum Gasteiger partial charge on any atom is 0.242 e. The fourth-order valence-electron chi connectivity index (χ4n) is 3.07. The minimum atomic E-state index is -0.500. The molecule has 0 bridgehead atoms. The average molecular weight is 360 g/mol. The summed E-state index contributed by atoms with van der Waals surface area (Å²) >= 11 is 0. The third kappa shape index (κ3) is 6.45. The number of rotatable bonds is 6. The molecule has 5 nitrogen and oxygen atoms in total. The predicted molar refractivity (Wildman–Crippen MR) is 105 cm³/mol. The Morgan fingerprint density at radius 2 is 1.77 bits per heavy atom. The summed E-state index contributed by atoms with van der Waals surface area (Å²) in [5.41, 5.74) is 0.864. The number of hydrogen-bond donors (Lipinski definition) is 2. The Morgan fingerprint density at radius 3 is 2.35 bits per heavy atom. The van der Waals surface area contributed by atoms with E-state index in [-0.39, 0.29) is 11.8 Å². The first-order valence-electron chi connectivity index (χ1n) is 9.60. The number of nitrogens with zero attached hydrogens (tertiary/aromatic N) is 1. The van der Waals surface area contributed by atoms with Gasteiger partial charge in [0, 0.05) is 18.5 Å². The maximum atomic E-state index is 12.2. The van der Waals surface area contributed by atoms with Crippen molar-refractivity contribution in [1.29, 1.82) is 0 Å². The van der Waals surface area contributed by atoms with Crippen LogP contribution in [0, 0.1) is 11.3 Å². The minimum Gasteiger partial charge on any atom is -0.354 e. The average Bonchev–Trinajstić information content (AvgIpc) is 2.61. The Balaban J connectivity index is 1.67. The van der Waals surface area contributed by atoms with Crippen LogP contribution in [0.4, 0.5) is 0 Å². The number of benzene rings is 1. The molecule has 0 saturated carbocycles. The zero-order valence-electron chi connectivity index (χ0n) is 16.5. The number of amides is 2. The zero-order chi connectivity index (χ0) is 19.2. The van der Waals surface area contributed by atoms with E-state index in [1.807, 2.05) is 26.8 Å². The van der Waals surface area contributed by atoms with Gasteiger partial charge in [0.15, 0.2) is 0 Å². The molecule has 1 atom stereocenters. The van der Waals surface area contributed by atoms with Crippen LogP contribution in [0.15, 0.2) is 30.3 Å². The third-order valence-corrected chi connectivity index (χ3v) is 4.94. The van der Waals surface area contributed by atoms with Gasteiger partial charge in [0.2, 0.25) is 11.8 Å². The normalized spacial score (nSPS) is 17.5.